The Kier molecular flexibility index (Phi) is 3.37. The SMILES string of the molecule is COC[C@H]1O[C@@H](n2ncc3c(=O)[nH]c(N)nc32)C(O)C1O. The quantitative estimate of drug-likeness (QED) is 0.506. The van der Waals surface area contributed by atoms with Crippen LogP contribution in [0.15, 0.2) is 11.0 Å². The number of hydrogen-bond donors (Lipinski definition) is 4. The van der Waals surface area contributed by atoms with Crippen LogP contribution < -0.4 is 11.3 Å². The van der Waals surface area contributed by atoms with Crippen LogP contribution in [0.2, 0.25) is 0 Å². The molecule has 2 aromatic rings. The molecule has 0 aliphatic carbocycles. The molecule has 0 radical (unpaired) electrons. The Labute approximate surface area is 118 Å². The monoisotopic (exact) mass is 297 g/mol. The lowest BCUT2D eigenvalue weighted by molar-refractivity contribution is -0.0629. The van der Waals surface area contributed by atoms with Gasteiger partial charge >= 0.3 is 0 Å². The molecule has 1 aliphatic rings. The van der Waals surface area contributed by atoms with E-state index in [1.54, 1.807) is 0 Å². The number of aliphatic hydroxyl groups is 2. The third-order valence-electron chi connectivity index (χ3n) is 3.39. The van der Waals surface area contributed by atoms with Crippen molar-refractivity contribution in [1.29, 1.82) is 0 Å². The van der Waals surface area contributed by atoms with Crippen LogP contribution in [0.3, 0.4) is 0 Å². The lowest BCUT2D eigenvalue weighted by atomic mass is 10.1. The molecule has 0 aromatic carbocycles. The number of ether oxygens (including phenoxy) is 2. The van der Waals surface area contributed by atoms with Crippen molar-refractivity contribution < 1.29 is 19.7 Å². The van der Waals surface area contributed by atoms with E-state index in [-0.39, 0.29) is 23.6 Å². The van der Waals surface area contributed by atoms with Crippen LogP contribution in [-0.2, 0) is 9.47 Å². The highest BCUT2D eigenvalue weighted by Gasteiger charge is 2.44. The number of rotatable bonds is 3. The summed E-state index contributed by atoms with van der Waals surface area (Å²) in [6.07, 6.45) is -2.74. The van der Waals surface area contributed by atoms with E-state index in [9.17, 15) is 15.0 Å². The molecule has 0 spiro atoms. The van der Waals surface area contributed by atoms with Crippen molar-refractivity contribution in [2.24, 2.45) is 0 Å². The average Bonchev–Trinajstić information content (AvgIpc) is 2.96. The molecule has 0 amide bonds. The number of anilines is 1. The maximum atomic E-state index is 11.7. The third-order valence-corrected chi connectivity index (χ3v) is 3.39. The molecule has 1 saturated heterocycles. The lowest BCUT2D eigenvalue weighted by Gasteiger charge is -2.15. The molecule has 4 atom stereocenters. The molecule has 5 N–H and O–H groups in total. The van der Waals surface area contributed by atoms with Gasteiger partial charge in [0.1, 0.15) is 23.7 Å². The second kappa shape index (κ2) is 5.07. The van der Waals surface area contributed by atoms with Crippen molar-refractivity contribution in [3.05, 3.63) is 16.6 Å². The van der Waals surface area contributed by atoms with Gasteiger partial charge in [-0.25, -0.2) is 4.68 Å². The minimum Gasteiger partial charge on any atom is -0.387 e. The summed E-state index contributed by atoms with van der Waals surface area (Å²) in [5.41, 5.74) is 5.24. The Morgan fingerprint density at radius 3 is 3.00 bits per heavy atom. The molecule has 3 heterocycles. The van der Waals surface area contributed by atoms with Crippen LogP contribution in [-0.4, -0.2) is 62.0 Å². The highest BCUT2D eigenvalue weighted by atomic mass is 16.6. The van der Waals surface area contributed by atoms with Crippen molar-refractivity contribution in [2.75, 3.05) is 19.5 Å². The predicted molar refractivity (Wildman–Crippen MR) is 70.4 cm³/mol. The highest BCUT2D eigenvalue weighted by Crippen LogP contribution is 2.30. The molecule has 0 bridgehead atoms. The zero-order valence-electron chi connectivity index (χ0n) is 11.1. The molecule has 1 fully saturated rings. The fourth-order valence-corrected chi connectivity index (χ4v) is 2.37. The number of nitrogens with one attached hydrogen (secondary N) is 1. The normalized spacial score (nSPS) is 29.3. The Balaban J connectivity index is 2.03. The van der Waals surface area contributed by atoms with Gasteiger partial charge in [-0.2, -0.15) is 10.1 Å². The molecular weight excluding hydrogens is 282 g/mol. The van der Waals surface area contributed by atoms with Crippen molar-refractivity contribution in [3.8, 4) is 0 Å². The van der Waals surface area contributed by atoms with Gasteiger partial charge in [-0.05, 0) is 0 Å². The Bertz CT molecular complexity index is 713. The number of nitrogens with zero attached hydrogens (tertiary/aromatic N) is 3. The van der Waals surface area contributed by atoms with Gasteiger partial charge in [0.2, 0.25) is 5.95 Å². The zero-order chi connectivity index (χ0) is 15.1. The van der Waals surface area contributed by atoms with E-state index < -0.39 is 30.1 Å². The van der Waals surface area contributed by atoms with Crippen LogP contribution in [0.4, 0.5) is 5.95 Å². The minimum absolute atomic E-state index is 0.0734. The first-order chi connectivity index (χ1) is 10.0. The molecule has 2 unspecified atom stereocenters. The summed E-state index contributed by atoms with van der Waals surface area (Å²) in [4.78, 5) is 18.1. The van der Waals surface area contributed by atoms with Crippen LogP contribution in [0.5, 0.6) is 0 Å². The molecule has 10 nitrogen and oxygen atoms in total. The number of methoxy groups -OCH3 is 1. The van der Waals surface area contributed by atoms with Crippen LogP contribution in [0, 0.1) is 0 Å². The summed E-state index contributed by atoms with van der Waals surface area (Å²) in [6, 6.07) is 0. The van der Waals surface area contributed by atoms with Crippen molar-refractivity contribution in [1.82, 2.24) is 19.7 Å². The Hall–Kier alpha value is -2.01. The Morgan fingerprint density at radius 2 is 2.29 bits per heavy atom. The largest absolute Gasteiger partial charge is 0.387 e. The standard InChI is InChI=1S/C11H15N5O5/c1-20-3-5-6(17)7(18)10(21-5)16-8-4(2-13-16)9(19)15-11(12)14-8/h2,5-7,10,17-18H,3H2,1H3,(H3,12,14,15,19)/t5-,6?,7?,10-/m1/s1. The van der Waals surface area contributed by atoms with E-state index in [1.165, 1.54) is 18.0 Å². The van der Waals surface area contributed by atoms with E-state index in [0.29, 0.717) is 0 Å². The van der Waals surface area contributed by atoms with Gasteiger partial charge in [0.25, 0.3) is 5.56 Å². The van der Waals surface area contributed by atoms with Crippen LogP contribution in [0.25, 0.3) is 11.0 Å². The van der Waals surface area contributed by atoms with Gasteiger partial charge in [0.05, 0.1) is 12.8 Å². The summed E-state index contributed by atoms with van der Waals surface area (Å²) in [5.74, 6) is -0.0734. The summed E-state index contributed by atoms with van der Waals surface area (Å²) in [5, 5.41) is 24.2. The van der Waals surface area contributed by atoms with Gasteiger partial charge in [-0.15, -0.1) is 0 Å². The molecule has 2 aromatic heterocycles. The number of aliphatic hydroxyl groups excluding tert-OH is 2. The first-order valence-electron chi connectivity index (χ1n) is 6.26. The number of H-pyrrole nitrogens is 1. The van der Waals surface area contributed by atoms with E-state index >= 15 is 0 Å². The first kappa shape index (κ1) is 13.9. The maximum absolute atomic E-state index is 11.7. The molecule has 10 heteroatoms. The number of nitrogen functional groups attached to an aromatic ring is 1. The second-order valence-electron chi connectivity index (χ2n) is 4.78. The van der Waals surface area contributed by atoms with Crippen molar-refractivity contribution in [3.63, 3.8) is 0 Å². The molecular formula is C11H15N5O5. The fraction of sp³-hybridized carbons (Fsp3) is 0.545. The topological polar surface area (TPSA) is 149 Å². The van der Waals surface area contributed by atoms with E-state index in [0.717, 1.165) is 0 Å². The van der Waals surface area contributed by atoms with Crippen LogP contribution in [0.1, 0.15) is 6.23 Å². The summed E-state index contributed by atoms with van der Waals surface area (Å²) < 4.78 is 11.7. The number of fused-ring (bicyclic) bond motifs is 1. The van der Waals surface area contributed by atoms with E-state index in [2.05, 4.69) is 15.1 Å². The summed E-state index contributed by atoms with van der Waals surface area (Å²) in [6.45, 7) is 0.115. The molecule has 21 heavy (non-hydrogen) atoms. The number of nitrogens with two attached hydrogens (primary N) is 1. The molecule has 1 aliphatic heterocycles. The van der Waals surface area contributed by atoms with Crippen molar-refractivity contribution in [2.45, 2.75) is 24.5 Å². The highest BCUT2D eigenvalue weighted by molar-refractivity contribution is 5.74. The van der Waals surface area contributed by atoms with Gasteiger partial charge in [-0.1, -0.05) is 0 Å². The van der Waals surface area contributed by atoms with Crippen LogP contribution >= 0.6 is 0 Å². The summed E-state index contributed by atoms with van der Waals surface area (Å²) in [7, 11) is 1.46. The smallest absolute Gasteiger partial charge is 0.263 e. The fourth-order valence-electron chi connectivity index (χ4n) is 2.37. The minimum atomic E-state index is -1.23. The van der Waals surface area contributed by atoms with Gasteiger partial charge in [0, 0.05) is 7.11 Å². The van der Waals surface area contributed by atoms with E-state index in [1.807, 2.05) is 0 Å². The number of aromatic nitrogens is 4. The van der Waals surface area contributed by atoms with Gasteiger partial charge in [-0.3, -0.25) is 9.78 Å². The molecule has 3 rings (SSSR count). The summed E-state index contributed by atoms with van der Waals surface area (Å²) >= 11 is 0. The zero-order valence-corrected chi connectivity index (χ0v) is 11.1. The first-order valence-corrected chi connectivity index (χ1v) is 6.26. The average molecular weight is 297 g/mol. The molecule has 114 valence electrons. The van der Waals surface area contributed by atoms with Gasteiger partial charge < -0.3 is 25.4 Å². The van der Waals surface area contributed by atoms with Crippen molar-refractivity contribution >= 4 is 17.0 Å². The lowest BCUT2D eigenvalue weighted by Crippen LogP contribution is -2.33. The predicted octanol–water partition coefficient (Wildman–Crippen LogP) is -2.03. The maximum Gasteiger partial charge on any atom is 0.263 e. The second-order valence-corrected chi connectivity index (χ2v) is 4.78. The number of hydrogen-bond acceptors (Lipinski definition) is 8. The molecule has 0 saturated carbocycles. The number of aromatic amines is 1. The third kappa shape index (κ3) is 2.17. The van der Waals surface area contributed by atoms with Gasteiger partial charge in [0.15, 0.2) is 11.9 Å². The Morgan fingerprint density at radius 1 is 1.52 bits per heavy atom. The van der Waals surface area contributed by atoms with E-state index in [4.69, 9.17) is 15.2 Å².